The molecule has 0 fully saturated rings. The molecule has 208 valence electrons. The van der Waals surface area contributed by atoms with Gasteiger partial charge in [-0.2, -0.15) is 10.4 Å². The number of ether oxygens (including phenoxy) is 2. The molecule has 1 amide bonds. The van der Waals surface area contributed by atoms with Gasteiger partial charge in [0.05, 0.1) is 24.1 Å². The first kappa shape index (κ1) is 29.2. The molecule has 0 aliphatic heterocycles. The van der Waals surface area contributed by atoms with Gasteiger partial charge in [-0.05, 0) is 59.2 Å². The number of pyridine rings is 2. The third kappa shape index (κ3) is 8.04. The summed E-state index contributed by atoms with van der Waals surface area (Å²) in [7, 11) is 0. The lowest BCUT2D eigenvalue weighted by molar-refractivity contribution is 0.0502. The number of hydrogen-bond donors (Lipinski definition) is 3. The Morgan fingerprint density at radius 1 is 1.26 bits per heavy atom. The van der Waals surface area contributed by atoms with E-state index in [1.807, 2.05) is 19.9 Å². The second-order valence-corrected chi connectivity index (χ2v) is 9.86. The molecule has 3 aromatic rings. The molecular weight excluding hydrogens is 503 g/mol. The van der Waals surface area contributed by atoms with E-state index in [9.17, 15) is 10.1 Å². The molecule has 3 N–H and O–H groups in total. The minimum Gasteiger partial charge on any atom is -0.476 e. The predicted molar refractivity (Wildman–Crippen MR) is 146 cm³/mol. The van der Waals surface area contributed by atoms with E-state index in [1.165, 1.54) is 6.20 Å². The fraction of sp³-hybridized carbons (Fsp3) is 0.444. The maximum Gasteiger partial charge on any atom is 0.407 e. The number of nitriles is 1. The van der Waals surface area contributed by atoms with E-state index in [-0.39, 0.29) is 23.2 Å². The van der Waals surface area contributed by atoms with Crippen LogP contribution in [0.1, 0.15) is 59.9 Å². The molecule has 2 atom stereocenters. The summed E-state index contributed by atoms with van der Waals surface area (Å²) in [4.78, 5) is 21.1. The number of nitrogens with zero attached hydrogens (tertiary/aromatic N) is 5. The van der Waals surface area contributed by atoms with Gasteiger partial charge in [-0.1, -0.05) is 13.3 Å². The summed E-state index contributed by atoms with van der Waals surface area (Å²) in [5, 5.41) is 22.9. The van der Waals surface area contributed by atoms with E-state index in [2.05, 4.69) is 31.0 Å². The second kappa shape index (κ2) is 12.9. The lowest BCUT2D eigenvalue weighted by Gasteiger charge is -2.28. The van der Waals surface area contributed by atoms with E-state index >= 15 is 4.39 Å². The molecule has 0 bridgehead atoms. The largest absolute Gasteiger partial charge is 0.476 e. The SMILES string of the molecule is CCC[C@@H](Nc1nc(Nc2cnc(OCC)c(-n3cccn3)c2)c(C#N)cc1F)[C@H](C)NC(=O)OC(C)(C)C. The van der Waals surface area contributed by atoms with E-state index in [0.29, 0.717) is 30.3 Å². The average Bonchev–Trinajstić information content (AvgIpc) is 3.40. The van der Waals surface area contributed by atoms with Crippen molar-refractivity contribution in [2.45, 2.75) is 72.1 Å². The van der Waals surface area contributed by atoms with Crippen molar-refractivity contribution in [3.05, 3.63) is 48.2 Å². The molecular formula is C27H35FN8O3. The molecule has 0 unspecified atom stereocenters. The van der Waals surface area contributed by atoms with Gasteiger partial charge in [0, 0.05) is 24.5 Å². The Bertz CT molecular complexity index is 1300. The van der Waals surface area contributed by atoms with Crippen LogP contribution in [0.25, 0.3) is 5.69 Å². The normalized spacial score (nSPS) is 12.7. The number of anilines is 3. The first-order chi connectivity index (χ1) is 18.5. The smallest absolute Gasteiger partial charge is 0.407 e. The van der Waals surface area contributed by atoms with Gasteiger partial charge in [-0.3, -0.25) is 0 Å². The third-order valence-electron chi connectivity index (χ3n) is 5.49. The first-order valence-corrected chi connectivity index (χ1v) is 12.8. The van der Waals surface area contributed by atoms with Crippen molar-refractivity contribution in [2.24, 2.45) is 0 Å². The molecule has 39 heavy (non-hydrogen) atoms. The number of carbonyl (C=O) groups excluding carboxylic acids is 1. The van der Waals surface area contributed by atoms with Crippen LogP contribution >= 0.6 is 0 Å². The lowest BCUT2D eigenvalue weighted by Crippen LogP contribution is -2.46. The highest BCUT2D eigenvalue weighted by Gasteiger charge is 2.24. The highest BCUT2D eigenvalue weighted by Crippen LogP contribution is 2.28. The van der Waals surface area contributed by atoms with Crippen molar-refractivity contribution in [1.82, 2.24) is 25.1 Å². The van der Waals surface area contributed by atoms with Crippen LogP contribution in [0.4, 0.5) is 26.5 Å². The summed E-state index contributed by atoms with van der Waals surface area (Å²) < 4.78 is 27.6. The number of halogens is 1. The minimum atomic E-state index is -0.690. The van der Waals surface area contributed by atoms with Crippen molar-refractivity contribution in [3.8, 4) is 17.6 Å². The van der Waals surface area contributed by atoms with E-state index < -0.39 is 23.6 Å². The highest BCUT2D eigenvalue weighted by atomic mass is 19.1. The minimum absolute atomic E-state index is 0.0135. The average molecular weight is 539 g/mol. The monoisotopic (exact) mass is 538 g/mol. The molecule has 0 radical (unpaired) electrons. The van der Waals surface area contributed by atoms with Gasteiger partial charge in [0.2, 0.25) is 5.88 Å². The maximum absolute atomic E-state index is 15.0. The fourth-order valence-corrected chi connectivity index (χ4v) is 3.77. The second-order valence-electron chi connectivity index (χ2n) is 9.86. The van der Waals surface area contributed by atoms with Crippen LogP contribution in [0, 0.1) is 17.1 Å². The Morgan fingerprint density at radius 2 is 2.03 bits per heavy atom. The first-order valence-electron chi connectivity index (χ1n) is 12.8. The van der Waals surface area contributed by atoms with Crippen LogP contribution in [0.2, 0.25) is 0 Å². The van der Waals surface area contributed by atoms with Crippen LogP contribution in [-0.4, -0.2) is 50.1 Å². The predicted octanol–water partition coefficient (Wildman–Crippen LogP) is 5.31. The lowest BCUT2D eigenvalue weighted by atomic mass is 10.0. The molecule has 0 saturated heterocycles. The molecule has 0 saturated carbocycles. The zero-order valence-corrected chi connectivity index (χ0v) is 23.1. The summed E-state index contributed by atoms with van der Waals surface area (Å²) in [6.07, 6.45) is 5.75. The van der Waals surface area contributed by atoms with Gasteiger partial charge >= 0.3 is 6.09 Å². The van der Waals surface area contributed by atoms with Crippen LogP contribution < -0.4 is 20.7 Å². The van der Waals surface area contributed by atoms with Crippen molar-refractivity contribution >= 4 is 23.4 Å². The summed E-state index contributed by atoms with van der Waals surface area (Å²) in [6, 6.07) is 5.85. The molecule has 0 aliphatic carbocycles. The molecule has 11 nitrogen and oxygen atoms in total. The van der Waals surface area contributed by atoms with Gasteiger partial charge in [0.15, 0.2) is 17.5 Å². The number of rotatable bonds is 11. The molecule has 0 spiro atoms. The Labute approximate surface area is 227 Å². The Balaban J connectivity index is 1.88. The van der Waals surface area contributed by atoms with Gasteiger partial charge in [0.1, 0.15) is 17.4 Å². The summed E-state index contributed by atoms with van der Waals surface area (Å²) >= 11 is 0. The standard InChI is InChI=1S/C27H35FN8O3/c1-7-10-21(17(3)32-26(37)39-27(4,5)6)34-24-20(28)13-18(15-29)23(35-24)33-19-14-22(36-12-9-11-31-36)25(30-16-19)38-8-2/h9,11-14,16-17,21H,7-8,10H2,1-6H3,(H,32,37)(H2,33,34,35)/t17-,21+/m0/s1. The molecule has 3 heterocycles. The summed E-state index contributed by atoms with van der Waals surface area (Å²) in [6.45, 7) is 11.4. The van der Waals surface area contributed by atoms with Crippen molar-refractivity contribution in [3.63, 3.8) is 0 Å². The van der Waals surface area contributed by atoms with E-state index in [0.717, 1.165) is 12.5 Å². The number of carbonyl (C=O) groups is 1. The Kier molecular flexibility index (Phi) is 9.65. The van der Waals surface area contributed by atoms with Crippen LogP contribution in [0.3, 0.4) is 0 Å². The van der Waals surface area contributed by atoms with Crippen molar-refractivity contribution in [2.75, 3.05) is 17.2 Å². The molecule has 3 rings (SSSR count). The zero-order chi connectivity index (χ0) is 28.6. The molecule has 12 heteroatoms. The Hall–Kier alpha value is -4.40. The summed E-state index contributed by atoms with van der Waals surface area (Å²) in [5.74, 6) is -0.221. The van der Waals surface area contributed by atoms with Gasteiger partial charge in [-0.25, -0.2) is 23.8 Å². The summed E-state index contributed by atoms with van der Waals surface area (Å²) in [5.41, 5.74) is 0.442. The van der Waals surface area contributed by atoms with Crippen molar-refractivity contribution in [1.29, 1.82) is 5.26 Å². The molecule has 0 aromatic carbocycles. The fourth-order valence-electron chi connectivity index (χ4n) is 3.77. The Morgan fingerprint density at radius 3 is 2.64 bits per heavy atom. The van der Waals surface area contributed by atoms with Crippen molar-refractivity contribution < 1.29 is 18.7 Å². The molecule has 0 aliphatic rings. The number of nitrogens with one attached hydrogen (secondary N) is 3. The maximum atomic E-state index is 15.0. The van der Waals surface area contributed by atoms with E-state index in [1.54, 1.807) is 56.9 Å². The zero-order valence-electron chi connectivity index (χ0n) is 23.1. The molecule has 3 aromatic heterocycles. The van der Waals surface area contributed by atoms with Crippen LogP contribution in [-0.2, 0) is 4.74 Å². The van der Waals surface area contributed by atoms with Gasteiger partial charge in [-0.15, -0.1) is 0 Å². The van der Waals surface area contributed by atoms with Gasteiger partial charge in [0.25, 0.3) is 0 Å². The van der Waals surface area contributed by atoms with E-state index in [4.69, 9.17) is 9.47 Å². The van der Waals surface area contributed by atoms with Crippen LogP contribution in [0.5, 0.6) is 5.88 Å². The highest BCUT2D eigenvalue weighted by molar-refractivity contribution is 5.69. The number of hydrogen-bond acceptors (Lipinski definition) is 9. The van der Waals surface area contributed by atoms with Crippen LogP contribution in [0.15, 0.2) is 36.8 Å². The number of alkyl carbamates (subject to hydrolysis) is 1. The number of aromatic nitrogens is 4. The number of amides is 1. The third-order valence-corrected chi connectivity index (χ3v) is 5.49. The van der Waals surface area contributed by atoms with Gasteiger partial charge < -0.3 is 25.4 Å². The topological polar surface area (TPSA) is 139 Å². The quantitative estimate of drug-likeness (QED) is 0.296.